The summed E-state index contributed by atoms with van der Waals surface area (Å²) in [6.07, 6.45) is -0.924. The van der Waals surface area contributed by atoms with Crippen LogP contribution in [0, 0.1) is 0 Å². The summed E-state index contributed by atoms with van der Waals surface area (Å²) in [6.45, 7) is 4.23. The van der Waals surface area contributed by atoms with Gasteiger partial charge in [0.05, 0.1) is 0 Å². The van der Waals surface area contributed by atoms with Gasteiger partial charge < -0.3 is 5.11 Å². The summed E-state index contributed by atoms with van der Waals surface area (Å²) < 4.78 is 0. The van der Waals surface area contributed by atoms with E-state index in [2.05, 4.69) is 43.0 Å². The molecule has 0 bridgehead atoms. The van der Waals surface area contributed by atoms with E-state index >= 15 is 0 Å². The average Bonchev–Trinajstić information content (AvgIpc) is 2.70. The Kier molecular flexibility index (Phi) is 7.69. The maximum absolute atomic E-state index is 13.4. The van der Waals surface area contributed by atoms with Crippen molar-refractivity contribution < 1.29 is 24.0 Å². The number of hydrogen-bond acceptors (Lipinski definition) is 2. The largest absolute Gasteiger partial charge is 1.00 e. The minimum atomic E-state index is -0.924. The fourth-order valence-corrected chi connectivity index (χ4v) is 3.34. The van der Waals surface area contributed by atoms with E-state index in [1.54, 1.807) is 0 Å². The SMILES string of the molecule is C[C@H](c1ccccc1)N(C([O-])c1ccccc1)[C@H](C)c1ccccc1.[Li+]. The number of rotatable bonds is 6. The van der Waals surface area contributed by atoms with Crippen LogP contribution in [0.4, 0.5) is 0 Å². The van der Waals surface area contributed by atoms with E-state index in [-0.39, 0.29) is 30.9 Å². The van der Waals surface area contributed by atoms with Crippen LogP contribution in [-0.2, 0) is 0 Å². The Morgan fingerprint density at radius 3 is 1.23 bits per heavy atom. The molecule has 3 heteroatoms. The summed E-state index contributed by atoms with van der Waals surface area (Å²) in [5.41, 5.74) is 3.11. The quantitative estimate of drug-likeness (QED) is 0.507. The first-order valence-corrected chi connectivity index (χ1v) is 8.76. The second-order valence-corrected chi connectivity index (χ2v) is 6.38. The number of benzene rings is 3. The molecule has 0 spiro atoms. The van der Waals surface area contributed by atoms with Crippen LogP contribution in [0.2, 0.25) is 0 Å². The van der Waals surface area contributed by atoms with Gasteiger partial charge in [-0.2, -0.15) is 0 Å². The van der Waals surface area contributed by atoms with Crippen LogP contribution in [0.3, 0.4) is 0 Å². The van der Waals surface area contributed by atoms with E-state index in [1.807, 2.05) is 66.7 Å². The summed E-state index contributed by atoms with van der Waals surface area (Å²) in [7, 11) is 0. The summed E-state index contributed by atoms with van der Waals surface area (Å²) >= 11 is 0. The molecule has 3 atom stereocenters. The van der Waals surface area contributed by atoms with Gasteiger partial charge in [0.25, 0.3) is 0 Å². The molecule has 0 amide bonds. The van der Waals surface area contributed by atoms with Gasteiger partial charge in [-0.15, -0.1) is 0 Å². The van der Waals surface area contributed by atoms with E-state index in [9.17, 15) is 5.11 Å². The zero-order valence-corrected chi connectivity index (χ0v) is 15.7. The standard InChI is InChI=1S/C23H24NO.Li/c1-18(20-12-6-3-7-13-20)24(19(2)21-14-8-4-9-15-21)23(25)22-16-10-5-11-17-22;/h3-19,23H,1-2H3;/q-1;+1/t18-,19-,23?;/m1./s1. The second kappa shape index (κ2) is 9.76. The summed E-state index contributed by atoms with van der Waals surface area (Å²) in [5, 5.41) is 13.4. The third-order valence-corrected chi connectivity index (χ3v) is 4.81. The second-order valence-electron chi connectivity index (χ2n) is 6.38. The molecule has 0 N–H and O–H groups in total. The van der Waals surface area contributed by atoms with E-state index in [1.165, 1.54) is 0 Å². The predicted molar refractivity (Wildman–Crippen MR) is 101 cm³/mol. The van der Waals surface area contributed by atoms with Gasteiger partial charge in [-0.25, -0.2) is 0 Å². The molecule has 3 aromatic carbocycles. The summed E-state index contributed by atoms with van der Waals surface area (Å²) in [4.78, 5) is 2.06. The molecule has 0 heterocycles. The van der Waals surface area contributed by atoms with Crippen molar-refractivity contribution in [1.29, 1.82) is 0 Å². The number of hydrogen-bond donors (Lipinski definition) is 0. The number of nitrogens with zero attached hydrogens (tertiary/aromatic N) is 1. The average molecular weight is 337 g/mol. The molecule has 1 unspecified atom stereocenters. The van der Waals surface area contributed by atoms with E-state index < -0.39 is 6.23 Å². The van der Waals surface area contributed by atoms with E-state index in [0.717, 1.165) is 16.7 Å². The van der Waals surface area contributed by atoms with Gasteiger partial charge in [-0.1, -0.05) is 91.0 Å². The van der Waals surface area contributed by atoms with Crippen LogP contribution >= 0.6 is 0 Å². The predicted octanol–water partition coefficient (Wildman–Crippen LogP) is 1.87. The topological polar surface area (TPSA) is 26.3 Å². The van der Waals surface area contributed by atoms with Crippen LogP contribution < -0.4 is 24.0 Å². The maximum Gasteiger partial charge on any atom is 1.00 e. The Morgan fingerprint density at radius 2 is 0.885 bits per heavy atom. The van der Waals surface area contributed by atoms with Crippen molar-refractivity contribution >= 4 is 0 Å². The van der Waals surface area contributed by atoms with Gasteiger partial charge in [0.1, 0.15) is 0 Å². The third-order valence-electron chi connectivity index (χ3n) is 4.81. The zero-order valence-electron chi connectivity index (χ0n) is 15.7. The van der Waals surface area contributed by atoms with Crippen molar-refractivity contribution in [3.8, 4) is 0 Å². The first-order chi connectivity index (χ1) is 12.2. The Labute approximate surface area is 168 Å². The molecule has 0 aliphatic rings. The van der Waals surface area contributed by atoms with Crippen molar-refractivity contribution in [3.05, 3.63) is 108 Å². The minimum Gasteiger partial charge on any atom is -0.837 e. The molecule has 0 fully saturated rings. The monoisotopic (exact) mass is 337 g/mol. The molecule has 128 valence electrons. The van der Waals surface area contributed by atoms with Gasteiger partial charge in [-0.3, -0.25) is 4.90 Å². The maximum atomic E-state index is 13.4. The van der Waals surface area contributed by atoms with E-state index in [0.29, 0.717) is 0 Å². The molecular weight excluding hydrogens is 313 g/mol. The minimum absolute atomic E-state index is 0. The fraction of sp³-hybridized carbons (Fsp3) is 0.217. The molecule has 0 saturated carbocycles. The van der Waals surface area contributed by atoms with Gasteiger partial charge in [0.15, 0.2) is 0 Å². The smallest absolute Gasteiger partial charge is 0.837 e. The first-order valence-electron chi connectivity index (χ1n) is 8.76. The molecule has 0 aromatic heterocycles. The van der Waals surface area contributed by atoms with Crippen LogP contribution in [0.15, 0.2) is 91.0 Å². The normalized spacial score (nSPS) is 14.3. The van der Waals surface area contributed by atoms with Crippen LogP contribution in [0.25, 0.3) is 0 Å². The van der Waals surface area contributed by atoms with Gasteiger partial charge >= 0.3 is 18.9 Å². The van der Waals surface area contributed by atoms with Gasteiger partial charge in [0.2, 0.25) is 0 Å². The molecule has 0 aliphatic heterocycles. The summed E-state index contributed by atoms with van der Waals surface area (Å²) in [6, 6.07) is 30.1. The molecule has 0 radical (unpaired) electrons. The molecule has 26 heavy (non-hydrogen) atoms. The van der Waals surface area contributed by atoms with Crippen molar-refractivity contribution in [2.45, 2.75) is 32.2 Å². The van der Waals surface area contributed by atoms with Crippen molar-refractivity contribution in [2.24, 2.45) is 0 Å². The van der Waals surface area contributed by atoms with Crippen molar-refractivity contribution in [2.75, 3.05) is 0 Å². The Balaban J connectivity index is 0.00000243. The molecule has 3 aromatic rings. The zero-order chi connectivity index (χ0) is 17.6. The van der Waals surface area contributed by atoms with Crippen molar-refractivity contribution in [3.63, 3.8) is 0 Å². The van der Waals surface area contributed by atoms with Gasteiger partial charge in [-0.05, 0) is 36.8 Å². The fourth-order valence-electron chi connectivity index (χ4n) is 3.34. The Hall–Kier alpha value is -1.82. The first kappa shape index (κ1) is 20.5. The van der Waals surface area contributed by atoms with Crippen LogP contribution in [0.1, 0.15) is 48.8 Å². The van der Waals surface area contributed by atoms with Gasteiger partial charge in [0, 0.05) is 12.1 Å². The molecule has 0 aliphatic carbocycles. The molecule has 2 nitrogen and oxygen atoms in total. The molecule has 0 saturated heterocycles. The third kappa shape index (κ3) is 4.66. The Morgan fingerprint density at radius 1 is 0.577 bits per heavy atom. The van der Waals surface area contributed by atoms with E-state index in [4.69, 9.17) is 0 Å². The summed E-state index contributed by atoms with van der Waals surface area (Å²) in [5.74, 6) is 0. The molecule has 3 rings (SSSR count). The van der Waals surface area contributed by atoms with Crippen LogP contribution in [-0.4, -0.2) is 4.90 Å². The molecular formula is C23H24LiNO. The van der Waals surface area contributed by atoms with Crippen LogP contribution in [0.5, 0.6) is 0 Å². The van der Waals surface area contributed by atoms with Crippen molar-refractivity contribution in [1.82, 2.24) is 4.90 Å². The Bertz CT molecular complexity index is 656.